The molecule has 1 aromatic carbocycles. The number of halogens is 2. The first-order valence-electron chi connectivity index (χ1n) is 8.51. The van der Waals surface area contributed by atoms with Crippen LogP contribution >= 0.6 is 23.2 Å². The predicted molar refractivity (Wildman–Crippen MR) is 106 cm³/mol. The number of aldehydes is 1. The lowest BCUT2D eigenvalue weighted by atomic mass is 10.1. The molecular formula is C19H20Cl2N4O. The van der Waals surface area contributed by atoms with Crippen LogP contribution in [0.2, 0.25) is 10.2 Å². The van der Waals surface area contributed by atoms with Crippen LogP contribution in [0.4, 0.5) is 0 Å². The second-order valence-corrected chi connectivity index (χ2v) is 7.12. The summed E-state index contributed by atoms with van der Waals surface area (Å²) in [6, 6.07) is 6.94. The Bertz CT molecular complexity index is 904. The number of carbonyl (C=O) groups excluding carboxylic acids is 1. The molecule has 26 heavy (non-hydrogen) atoms. The van der Waals surface area contributed by atoms with E-state index >= 15 is 0 Å². The fourth-order valence-electron chi connectivity index (χ4n) is 2.94. The molecule has 0 amide bonds. The number of benzene rings is 1. The van der Waals surface area contributed by atoms with Crippen molar-refractivity contribution in [2.75, 3.05) is 20.1 Å². The highest BCUT2D eigenvalue weighted by atomic mass is 35.5. The number of carbonyl (C=O) groups is 1. The van der Waals surface area contributed by atoms with Gasteiger partial charge in [0.25, 0.3) is 0 Å². The Morgan fingerprint density at radius 1 is 1.08 bits per heavy atom. The van der Waals surface area contributed by atoms with Gasteiger partial charge in [-0.1, -0.05) is 29.6 Å². The third-order valence-electron chi connectivity index (χ3n) is 4.31. The fourth-order valence-corrected chi connectivity index (χ4v) is 3.33. The zero-order chi connectivity index (χ0) is 18.5. The van der Waals surface area contributed by atoms with Gasteiger partial charge in [-0.2, -0.15) is 5.10 Å². The maximum absolute atomic E-state index is 10.8. The van der Waals surface area contributed by atoms with E-state index in [-0.39, 0.29) is 0 Å². The van der Waals surface area contributed by atoms with Crippen LogP contribution in [0.15, 0.2) is 36.7 Å². The summed E-state index contributed by atoms with van der Waals surface area (Å²) >= 11 is 12.0. The molecule has 0 aliphatic carbocycles. The SMILES string of the molecule is CN1CCCCC1.O=Cc1ccc2c(c1)c(Cl)nn2-c1cncc(Cl)c1. The first-order chi connectivity index (χ1) is 12.6. The summed E-state index contributed by atoms with van der Waals surface area (Å²) in [6.45, 7) is 2.64. The van der Waals surface area contributed by atoms with Crippen molar-refractivity contribution in [1.82, 2.24) is 19.7 Å². The molecule has 4 rings (SSSR count). The Hall–Kier alpha value is -1.95. The van der Waals surface area contributed by atoms with E-state index in [1.165, 1.54) is 32.4 Å². The summed E-state index contributed by atoms with van der Waals surface area (Å²) in [4.78, 5) is 17.2. The van der Waals surface area contributed by atoms with Gasteiger partial charge >= 0.3 is 0 Å². The quantitative estimate of drug-likeness (QED) is 0.597. The summed E-state index contributed by atoms with van der Waals surface area (Å²) in [5.41, 5.74) is 2.06. The first-order valence-corrected chi connectivity index (χ1v) is 9.27. The molecule has 1 saturated heterocycles. The highest BCUT2D eigenvalue weighted by molar-refractivity contribution is 6.34. The lowest BCUT2D eigenvalue weighted by molar-refractivity contribution is 0.112. The molecule has 0 radical (unpaired) electrons. The molecule has 136 valence electrons. The van der Waals surface area contributed by atoms with E-state index in [1.54, 1.807) is 41.3 Å². The Labute approximate surface area is 162 Å². The van der Waals surface area contributed by atoms with E-state index < -0.39 is 0 Å². The minimum Gasteiger partial charge on any atom is -0.306 e. The lowest BCUT2D eigenvalue weighted by Gasteiger charge is -2.20. The van der Waals surface area contributed by atoms with Gasteiger partial charge < -0.3 is 4.90 Å². The number of fused-ring (bicyclic) bond motifs is 1. The number of nitrogens with zero attached hydrogens (tertiary/aromatic N) is 4. The average molecular weight is 391 g/mol. The zero-order valence-electron chi connectivity index (χ0n) is 14.5. The van der Waals surface area contributed by atoms with Crippen LogP contribution in [0.25, 0.3) is 16.6 Å². The van der Waals surface area contributed by atoms with E-state index in [4.69, 9.17) is 23.2 Å². The molecule has 0 spiro atoms. The van der Waals surface area contributed by atoms with Crippen molar-refractivity contribution in [2.24, 2.45) is 0 Å². The minimum atomic E-state index is 0.332. The molecule has 2 aromatic heterocycles. The summed E-state index contributed by atoms with van der Waals surface area (Å²) < 4.78 is 1.64. The molecule has 3 aromatic rings. The van der Waals surface area contributed by atoms with Crippen LogP contribution in [0.5, 0.6) is 0 Å². The molecule has 5 nitrogen and oxygen atoms in total. The third kappa shape index (κ3) is 4.41. The molecule has 0 bridgehead atoms. The van der Waals surface area contributed by atoms with Gasteiger partial charge in [0.15, 0.2) is 5.15 Å². The van der Waals surface area contributed by atoms with Gasteiger partial charge in [-0.15, -0.1) is 0 Å². The maximum atomic E-state index is 10.8. The normalized spacial score (nSPS) is 14.7. The number of hydrogen-bond acceptors (Lipinski definition) is 4. The minimum absolute atomic E-state index is 0.332. The van der Waals surface area contributed by atoms with E-state index in [9.17, 15) is 4.79 Å². The van der Waals surface area contributed by atoms with Crippen molar-refractivity contribution in [2.45, 2.75) is 19.3 Å². The van der Waals surface area contributed by atoms with Crippen LogP contribution in [0.3, 0.4) is 0 Å². The van der Waals surface area contributed by atoms with E-state index in [0.29, 0.717) is 26.8 Å². The Kier molecular flexibility index (Phi) is 6.25. The summed E-state index contributed by atoms with van der Waals surface area (Å²) in [6.07, 6.45) is 8.23. The monoisotopic (exact) mass is 390 g/mol. The molecule has 1 aliphatic rings. The summed E-state index contributed by atoms with van der Waals surface area (Å²) in [5.74, 6) is 0. The molecule has 7 heteroatoms. The summed E-state index contributed by atoms with van der Waals surface area (Å²) in [7, 11) is 2.19. The molecular weight excluding hydrogens is 371 g/mol. The van der Waals surface area contributed by atoms with Crippen molar-refractivity contribution in [3.8, 4) is 5.69 Å². The van der Waals surface area contributed by atoms with E-state index in [1.807, 2.05) is 0 Å². The Morgan fingerprint density at radius 2 is 1.85 bits per heavy atom. The van der Waals surface area contributed by atoms with Crippen LogP contribution in [-0.2, 0) is 0 Å². The van der Waals surface area contributed by atoms with Gasteiger partial charge in [0, 0.05) is 17.1 Å². The zero-order valence-corrected chi connectivity index (χ0v) is 16.0. The van der Waals surface area contributed by atoms with Gasteiger partial charge in [0.1, 0.15) is 6.29 Å². The van der Waals surface area contributed by atoms with Crippen LogP contribution in [0.1, 0.15) is 29.6 Å². The molecule has 1 aliphatic heterocycles. The van der Waals surface area contributed by atoms with Crippen molar-refractivity contribution < 1.29 is 4.79 Å². The Morgan fingerprint density at radius 3 is 2.46 bits per heavy atom. The maximum Gasteiger partial charge on any atom is 0.159 e. The smallest absolute Gasteiger partial charge is 0.159 e. The number of likely N-dealkylation sites (tertiary alicyclic amines) is 1. The lowest BCUT2D eigenvalue weighted by Crippen LogP contribution is -2.24. The Balaban J connectivity index is 0.000000236. The average Bonchev–Trinajstić information content (AvgIpc) is 2.99. The number of pyridine rings is 1. The number of hydrogen-bond donors (Lipinski definition) is 0. The van der Waals surface area contributed by atoms with Gasteiger partial charge in [-0.25, -0.2) is 4.68 Å². The van der Waals surface area contributed by atoms with E-state index in [0.717, 1.165) is 11.8 Å². The first kappa shape index (κ1) is 18.8. The molecule has 3 heterocycles. The second kappa shape index (κ2) is 8.62. The largest absolute Gasteiger partial charge is 0.306 e. The molecule has 0 atom stereocenters. The highest BCUT2D eigenvalue weighted by Gasteiger charge is 2.11. The molecule has 0 saturated carbocycles. The van der Waals surface area contributed by atoms with Crippen LogP contribution < -0.4 is 0 Å². The van der Waals surface area contributed by atoms with Crippen molar-refractivity contribution in [3.63, 3.8) is 0 Å². The molecule has 1 fully saturated rings. The van der Waals surface area contributed by atoms with Gasteiger partial charge in [0.2, 0.25) is 0 Å². The van der Waals surface area contributed by atoms with Crippen molar-refractivity contribution in [1.29, 1.82) is 0 Å². The van der Waals surface area contributed by atoms with Crippen molar-refractivity contribution >= 4 is 40.4 Å². The van der Waals surface area contributed by atoms with Crippen LogP contribution in [0, 0.1) is 0 Å². The second-order valence-electron chi connectivity index (χ2n) is 6.32. The highest BCUT2D eigenvalue weighted by Crippen LogP contribution is 2.26. The predicted octanol–water partition coefficient (Wildman–Crippen LogP) is 4.64. The van der Waals surface area contributed by atoms with Crippen molar-refractivity contribution in [3.05, 3.63) is 52.4 Å². The van der Waals surface area contributed by atoms with E-state index in [2.05, 4.69) is 22.0 Å². The number of piperidine rings is 1. The fraction of sp³-hybridized carbons (Fsp3) is 0.316. The van der Waals surface area contributed by atoms with Crippen LogP contribution in [-0.4, -0.2) is 46.1 Å². The standard InChI is InChI=1S/C13H7Cl2N3O.C6H13N/c14-9-4-10(6-16-5-9)18-12-2-1-8(7-19)3-11(12)13(15)17-18;1-7-5-3-2-4-6-7/h1-7H;2-6H2,1H3. The number of rotatable bonds is 2. The topological polar surface area (TPSA) is 51.0 Å². The van der Waals surface area contributed by atoms with Gasteiger partial charge in [-0.3, -0.25) is 9.78 Å². The number of aromatic nitrogens is 3. The van der Waals surface area contributed by atoms with Gasteiger partial charge in [0.05, 0.1) is 22.4 Å². The third-order valence-corrected chi connectivity index (χ3v) is 4.80. The summed E-state index contributed by atoms with van der Waals surface area (Å²) in [5, 5.41) is 5.81. The van der Waals surface area contributed by atoms with Gasteiger partial charge in [-0.05, 0) is 57.2 Å². The molecule has 0 unspecified atom stereocenters. The molecule has 0 N–H and O–H groups in total.